The van der Waals surface area contributed by atoms with E-state index in [4.69, 9.17) is 12.2 Å². The van der Waals surface area contributed by atoms with Crippen LogP contribution in [0.1, 0.15) is 18.7 Å². The van der Waals surface area contributed by atoms with Gasteiger partial charge in [0, 0.05) is 40.0 Å². The van der Waals surface area contributed by atoms with E-state index in [2.05, 4.69) is 15.5 Å². The van der Waals surface area contributed by atoms with Crippen molar-refractivity contribution in [1.82, 2.24) is 24.4 Å². The van der Waals surface area contributed by atoms with Crippen LogP contribution in [0.4, 0.5) is 4.39 Å². The van der Waals surface area contributed by atoms with Gasteiger partial charge in [0.1, 0.15) is 11.6 Å². The van der Waals surface area contributed by atoms with Crippen molar-refractivity contribution in [2.75, 3.05) is 20.1 Å². The first-order valence-electron chi connectivity index (χ1n) is 8.30. The molecule has 1 amide bonds. The summed E-state index contributed by atoms with van der Waals surface area (Å²) in [5, 5.41) is 9.50. The maximum atomic E-state index is 12.9. The van der Waals surface area contributed by atoms with Crippen LogP contribution < -0.4 is 5.32 Å². The fourth-order valence-corrected chi connectivity index (χ4v) is 3.73. The predicted octanol–water partition coefficient (Wildman–Crippen LogP) is 1.38. The number of aromatic amines is 1. The number of hydrogen-bond acceptors (Lipinski definition) is 5. The van der Waals surface area contributed by atoms with Crippen molar-refractivity contribution in [3.63, 3.8) is 0 Å². The number of carbonyl (C=O) groups excluding carboxylic acids is 1. The van der Waals surface area contributed by atoms with Crippen molar-refractivity contribution < 1.29 is 17.6 Å². The molecule has 0 atom stereocenters. The molecule has 2 aromatic rings. The van der Waals surface area contributed by atoms with Crippen molar-refractivity contribution >= 4 is 28.1 Å². The Morgan fingerprint density at radius 1 is 1.37 bits per heavy atom. The molecule has 148 valence electrons. The monoisotopic (exact) mass is 415 g/mol. The zero-order chi connectivity index (χ0) is 20.0. The van der Waals surface area contributed by atoms with Crippen LogP contribution in [-0.4, -0.2) is 53.5 Å². The number of H-pyrrole nitrogens is 1. The molecule has 2 N–H and O–H groups in total. The van der Waals surface area contributed by atoms with E-state index in [0.29, 0.717) is 24.2 Å². The summed E-state index contributed by atoms with van der Waals surface area (Å²) < 4.78 is 41.1. The quantitative estimate of drug-likeness (QED) is 0.603. The van der Waals surface area contributed by atoms with E-state index in [1.165, 1.54) is 19.2 Å². The highest BCUT2D eigenvalue weighted by atomic mass is 32.2. The fraction of sp³-hybridized carbons (Fsp3) is 0.438. The van der Waals surface area contributed by atoms with Crippen LogP contribution >= 0.6 is 12.2 Å². The molecule has 1 aromatic heterocycles. The molecule has 2 rings (SSSR count). The Labute approximate surface area is 162 Å². The molecule has 0 fully saturated rings. The largest absolute Gasteiger partial charge is 0.356 e. The van der Waals surface area contributed by atoms with Gasteiger partial charge in [0.2, 0.25) is 15.9 Å². The molecule has 0 radical (unpaired) electrons. The first-order chi connectivity index (χ1) is 12.7. The molecule has 0 saturated carbocycles. The smallest absolute Gasteiger partial charge is 0.242 e. The molecule has 0 aliphatic heterocycles. The summed E-state index contributed by atoms with van der Waals surface area (Å²) in [6, 6.07) is 4.64. The minimum absolute atomic E-state index is 0.0174. The molecule has 0 aliphatic rings. The number of rotatable bonds is 9. The zero-order valence-electron chi connectivity index (χ0n) is 15.1. The van der Waals surface area contributed by atoms with E-state index in [9.17, 15) is 17.6 Å². The van der Waals surface area contributed by atoms with Gasteiger partial charge in [-0.05, 0) is 42.9 Å². The second kappa shape index (κ2) is 9.20. The molecule has 0 aliphatic carbocycles. The third-order valence-corrected chi connectivity index (χ3v) is 6.28. The predicted molar refractivity (Wildman–Crippen MR) is 101 cm³/mol. The number of carbonyl (C=O) groups is 1. The lowest BCUT2D eigenvalue weighted by Crippen LogP contribution is -2.30. The number of nitrogens with one attached hydrogen (secondary N) is 2. The van der Waals surface area contributed by atoms with Crippen LogP contribution in [0.2, 0.25) is 0 Å². The highest BCUT2D eigenvalue weighted by Crippen LogP contribution is 2.15. The van der Waals surface area contributed by atoms with Gasteiger partial charge < -0.3 is 9.88 Å². The van der Waals surface area contributed by atoms with Gasteiger partial charge in [-0.25, -0.2) is 17.1 Å². The summed E-state index contributed by atoms with van der Waals surface area (Å²) >= 11 is 5.01. The number of benzene rings is 1. The highest BCUT2D eigenvalue weighted by Gasteiger charge is 2.20. The van der Waals surface area contributed by atoms with E-state index in [1.54, 1.807) is 11.6 Å². The van der Waals surface area contributed by atoms with Gasteiger partial charge in [-0.2, -0.15) is 5.10 Å². The minimum atomic E-state index is -3.70. The number of nitrogens with zero attached hydrogens (tertiary/aromatic N) is 3. The van der Waals surface area contributed by atoms with Crippen molar-refractivity contribution in [2.24, 2.45) is 7.05 Å². The Kier molecular flexibility index (Phi) is 7.22. The Hall–Kier alpha value is -2.11. The Balaban J connectivity index is 1.74. The maximum Gasteiger partial charge on any atom is 0.242 e. The van der Waals surface area contributed by atoms with Crippen LogP contribution in [0.5, 0.6) is 0 Å². The summed E-state index contributed by atoms with van der Waals surface area (Å²) in [4.78, 5) is 11.9. The van der Waals surface area contributed by atoms with Crippen LogP contribution in [0.3, 0.4) is 0 Å². The summed E-state index contributed by atoms with van der Waals surface area (Å²) in [6.45, 7) is 0.594. The lowest BCUT2D eigenvalue weighted by atomic mass is 10.3. The van der Waals surface area contributed by atoms with E-state index in [0.717, 1.165) is 22.3 Å². The van der Waals surface area contributed by atoms with Crippen LogP contribution in [0, 0.1) is 10.6 Å². The summed E-state index contributed by atoms with van der Waals surface area (Å²) in [5.41, 5.74) is 0. The van der Waals surface area contributed by atoms with E-state index < -0.39 is 15.8 Å². The average Bonchev–Trinajstić information content (AvgIpc) is 2.94. The SMILES string of the molecule is CN(CCCC(=O)NCCc1n[nH]c(=S)n1C)S(=O)(=O)c1ccc(F)cc1. The second-order valence-electron chi connectivity index (χ2n) is 5.99. The van der Waals surface area contributed by atoms with Gasteiger partial charge >= 0.3 is 0 Å². The molecule has 11 heteroatoms. The Morgan fingerprint density at radius 3 is 2.63 bits per heavy atom. The van der Waals surface area contributed by atoms with E-state index in [-0.39, 0.29) is 23.8 Å². The number of aromatic nitrogens is 3. The number of halogens is 1. The molecule has 27 heavy (non-hydrogen) atoms. The zero-order valence-corrected chi connectivity index (χ0v) is 16.7. The van der Waals surface area contributed by atoms with Crippen LogP contribution in [0.15, 0.2) is 29.2 Å². The summed E-state index contributed by atoms with van der Waals surface area (Å²) in [7, 11) is -0.475. The Morgan fingerprint density at radius 2 is 2.04 bits per heavy atom. The highest BCUT2D eigenvalue weighted by molar-refractivity contribution is 7.89. The van der Waals surface area contributed by atoms with Crippen molar-refractivity contribution in [1.29, 1.82) is 0 Å². The Bertz CT molecular complexity index is 938. The number of hydrogen-bond donors (Lipinski definition) is 2. The molecule has 0 unspecified atom stereocenters. The lowest BCUT2D eigenvalue weighted by Gasteiger charge is -2.17. The average molecular weight is 416 g/mol. The maximum absolute atomic E-state index is 12.9. The van der Waals surface area contributed by atoms with Gasteiger partial charge in [-0.15, -0.1) is 0 Å². The normalized spacial score (nSPS) is 11.7. The summed E-state index contributed by atoms with van der Waals surface area (Å²) in [6.07, 6.45) is 1.10. The third kappa shape index (κ3) is 5.68. The van der Waals surface area contributed by atoms with Crippen LogP contribution in [0.25, 0.3) is 0 Å². The number of sulfonamides is 1. The molecule has 1 aromatic carbocycles. The van der Waals surface area contributed by atoms with Gasteiger partial charge in [0.25, 0.3) is 0 Å². The minimum Gasteiger partial charge on any atom is -0.356 e. The molecule has 0 saturated heterocycles. The molecular formula is C16H22FN5O3S2. The van der Waals surface area contributed by atoms with Gasteiger partial charge in [0.05, 0.1) is 4.90 Å². The molecule has 1 heterocycles. The van der Waals surface area contributed by atoms with E-state index >= 15 is 0 Å². The molecule has 0 spiro atoms. The topological polar surface area (TPSA) is 100 Å². The third-order valence-electron chi connectivity index (χ3n) is 4.04. The van der Waals surface area contributed by atoms with Crippen LogP contribution in [-0.2, 0) is 28.3 Å². The summed E-state index contributed by atoms with van der Waals surface area (Å²) in [5.74, 6) is 0.0745. The first kappa shape index (κ1) is 21.2. The van der Waals surface area contributed by atoms with Gasteiger partial charge in [-0.3, -0.25) is 9.89 Å². The number of amides is 1. The van der Waals surface area contributed by atoms with Crippen molar-refractivity contribution in [2.45, 2.75) is 24.2 Å². The second-order valence-corrected chi connectivity index (χ2v) is 8.42. The molecule has 0 bridgehead atoms. The molecular weight excluding hydrogens is 393 g/mol. The fourth-order valence-electron chi connectivity index (χ4n) is 2.37. The molecule has 8 nitrogen and oxygen atoms in total. The van der Waals surface area contributed by atoms with E-state index in [1.807, 2.05) is 0 Å². The van der Waals surface area contributed by atoms with Crippen molar-refractivity contribution in [3.05, 3.63) is 40.7 Å². The van der Waals surface area contributed by atoms with Gasteiger partial charge in [0.15, 0.2) is 4.77 Å². The first-order valence-corrected chi connectivity index (χ1v) is 10.2. The lowest BCUT2D eigenvalue weighted by molar-refractivity contribution is -0.121. The standard InChI is InChI=1S/C16H22FN5O3S2/c1-21(27(24,25)13-7-5-12(17)6-8-13)11-3-4-15(23)18-10-9-14-19-20-16(26)22(14)2/h5-8H,3-4,9-11H2,1-2H3,(H,18,23)(H,20,26). The van der Waals surface area contributed by atoms with Gasteiger partial charge in [-0.1, -0.05) is 0 Å². The van der Waals surface area contributed by atoms with Crippen molar-refractivity contribution in [3.8, 4) is 0 Å².